The fourth-order valence-electron chi connectivity index (χ4n) is 2.35. The van der Waals surface area contributed by atoms with Crippen molar-refractivity contribution in [3.8, 4) is 0 Å². The van der Waals surface area contributed by atoms with Gasteiger partial charge in [-0.1, -0.05) is 58.0 Å². The third-order valence-electron chi connectivity index (χ3n) is 3.73. The molecule has 3 N–H and O–H groups in total. The third kappa shape index (κ3) is 6.94. The van der Waals surface area contributed by atoms with Gasteiger partial charge in [0.25, 0.3) is 0 Å². The number of hydrogen-bond acceptors (Lipinski definition) is 2. The molecule has 0 saturated carbocycles. The molecule has 22 heavy (non-hydrogen) atoms. The highest BCUT2D eigenvalue weighted by Gasteiger charge is 2.20. The number of aliphatic hydroxyl groups is 1. The molecule has 1 aromatic carbocycles. The lowest BCUT2D eigenvalue weighted by atomic mass is 9.90. The van der Waals surface area contributed by atoms with Crippen molar-refractivity contribution in [2.24, 2.45) is 11.3 Å². The fourth-order valence-corrected chi connectivity index (χ4v) is 2.35. The molecule has 0 fully saturated rings. The van der Waals surface area contributed by atoms with Crippen LogP contribution in [-0.4, -0.2) is 24.3 Å². The van der Waals surface area contributed by atoms with Crippen LogP contribution in [0.1, 0.15) is 52.1 Å². The minimum atomic E-state index is -0.152. The fraction of sp³-hybridized carbons (Fsp3) is 0.611. The maximum atomic E-state index is 12.2. The van der Waals surface area contributed by atoms with Crippen molar-refractivity contribution in [1.82, 2.24) is 10.6 Å². The van der Waals surface area contributed by atoms with Gasteiger partial charge in [-0.05, 0) is 29.7 Å². The molecule has 0 aliphatic carbocycles. The zero-order valence-electron chi connectivity index (χ0n) is 14.2. The molecule has 0 spiro atoms. The summed E-state index contributed by atoms with van der Waals surface area (Å²) in [5.41, 5.74) is 1.02. The summed E-state index contributed by atoms with van der Waals surface area (Å²) in [5.74, 6) is 0.497. The molecule has 0 bridgehead atoms. The van der Waals surface area contributed by atoms with Gasteiger partial charge in [-0.15, -0.1) is 0 Å². The van der Waals surface area contributed by atoms with Gasteiger partial charge in [0.05, 0.1) is 6.04 Å². The summed E-state index contributed by atoms with van der Waals surface area (Å²) in [6.07, 6.45) is 1.57. The van der Waals surface area contributed by atoms with Crippen LogP contribution in [0, 0.1) is 11.3 Å². The Labute approximate surface area is 134 Å². The predicted molar refractivity (Wildman–Crippen MR) is 90.7 cm³/mol. The molecule has 0 radical (unpaired) electrons. The van der Waals surface area contributed by atoms with Crippen LogP contribution in [0.3, 0.4) is 0 Å². The third-order valence-corrected chi connectivity index (χ3v) is 3.73. The van der Waals surface area contributed by atoms with E-state index in [1.54, 1.807) is 0 Å². The molecular formula is C18H30N2O2. The number of benzene rings is 1. The summed E-state index contributed by atoms with van der Waals surface area (Å²) in [6.45, 7) is 9.05. The first kappa shape index (κ1) is 18.5. The Morgan fingerprint density at radius 2 is 1.86 bits per heavy atom. The lowest BCUT2D eigenvalue weighted by Crippen LogP contribution is -2.42. The van der Waals surface area contributed by atoms with Crippen LogP contribution in [0.15, 0.2) is 30.3 Å². The average Bonchev–Trinajstić information content (AvgIpc) is 2.45. The van der Waals surface area contributed by atoms with Crippen LogP contribution >= 0.6 is 0 Å². The molecule has 1 aromatic rings. The maximum Gasteiger partial charge on any atom is 0.315 e. The van der Waals surface area contributed by atoms with Crippen LogP contribution in [0.25, 0.3) is 0 Å². The Balaban J connectivity index is 2.60. The van der Waals surface area contributed by atoms with Gasteiger partial charge in [0.1, 0.15) is 0 Å². The second kappa shape index (κ2) is 8.79. The number of aliphatic hydroxyl groups excluding tert-OH is 1. The van der Waals surface area contributed by atoms with Crippen molar-refractivity contribution >= 4 is 6.03 Å². The Morgan fingerprint density at radius 1 is 1.23 bits per heavy atom. The maximum absolute atomic E-state index is 12.2. The smallest absolute Gasteiger partial charge is 0.315 e. The van der Waals surface area contributed by atoms with E-state index < -0.39 is 0 Å². The number of carbonyl (C=O) groups is 1. The van der Waals surface area contributed by atoms with Gasteiger partial charge in [-0.2, -0.15) is 0 Å². The van der Waals surface area contributed by atoms with Crippen LogP contribution in [0.2, 0.25) is 0 Å². The molecule has 2 amide bonds. The summed E-state index contributed by atoms with van der Waals surface area (Å²) >= 11 is 0. The summed E-state index contributed by atoms with van der Waals surface area (Å²) in [5, 5.41) is 15.0. The zero-order chi connectivity index (χ0) is 16.6. The standard InChI is InChI=1S/C18H30N2O2/c1-14(2)12-16(15-8-6-5-7-9-15)20-17(22)19-13-18(3,4)10-11-21/h5-9,14,16,21H,10-13H2,1-4H3,(H2,19,20,22). The van der Waals surface area contributed by atoms with Crippen molar-refractivity contribution in [2.45, 2.75) is 46.6 Å². The second-order valence-electron chi connectivity index (χ2n) is 7.06. The molecular weight excluding hydrogens is 276 g/mol. The van der Waals surface area contributed by atoms with E-state index in [1.807, 2.05) is 44.2 Å². The first-order valence-corrected chi connectivity index (χ1v) is 8.04. The highest BCUT2D eigenvalue weighted by Crippen LogP contribution is 2.21. The van der Waals surface area contributed by atoms with E-state index in [9.17, 15) is 4.79 Å². The number of carbonyl (C=O) groups excluding carboxylic acids is 1. The van der Waals surface area contributed by atoms with Gasteiger partial charge in [0, 0.05) is 13.2 Å². The van der Waals surface area contributed by atoms with Crippen LogP contribution in [0.4, 0.5) is 4.79 Å². The monoisotopic (exact) mass is 306 g/mol. The normalized spacial score (nSPS) is 13.0. The molecule has 0 heterocycles. The predicted octanol–water partition coefficient (Wildman–Crippen LogP) is 3.48. The molecule has 1 rings (SSSR count). The number of hydrogen-bond donors (Lipinski definition) is 3. The summed E-state index contributed by atoms with van der Waals surface area (Å²) < 4.78 is 0. The lowest BCUT2D eigenvalue weighted by molar-refractivity contribution is 0.199. The summed E-state index contributed by atoms with van der Waals surface area (Å²) in [6, 6.07) is 9.92. The largest absolute Gasteiger partial charge is 0.396 e. The SMILES string of the molecule is CC(C)CC(NC(=O)NCC(C)(C)CCO)c1ccccc1. The topological polar surface area (TPSA) is 61.4 Å². The molecule has 0 aliphatic rings. The summed E-state index contributed by atoms with van der Waals surface area (Å²) in [7, 11) is 0. The molecule has 1 unspecified atom stereocenters. The first-order valence-electron chi connectivity index (χ1n) is 8.04. The molecule has 0 aromatic heterocycles. The minimum absolute atomic E-state index is 0.0159. The van der Waals surface area contributed by atoms with Crippen molar-refractivity contribution in [3.63, 3.8) is 0 Å². The van der Waals surface area contributed by atoms with Gasteiger partial charge in [-0.3, -0.25) is 0 Å². The van der Waals surface area contributed by atoms with Gasteiger partial charge in [0.2, 0.25) is 0 Å². The Bertz CT molecular complexity index is 444. The summed E-state index contributed by atoms with van der Waals surface area (Å²) in [4.78, 5) is 12.2. The van der Waals surface area contributed by atoms with Crippen molar-refractivity contribution < 1.29 is 9.90 Å². The van der Waals surface area contributed by atoms with E-state index >= 15 is 0 Å². The molecule has 0 saturated heterocycles. The Kier molecular flexibility index (Phi) is 7.39. The van der Waals surface area contributed by atoms with Crippen molar-refractivity contribution in [3.05, 3.63) is 35.9 Å². The van der Waals surface area contributed by atoms with Gasteiger partial charge in [0.15, 0.2) is 0 Å². The lowest BCUT2D eigenvalue weighted by Gasteiger charge is -2.26. The van der Waals surface area contributed by atoms with Crippen LogP contribution in [0.5, 0.6) is 0 Å². The minimum Gasteiger partial charge on any atom is -0.396 e. The van der Waals surface area contributed by atoms with Gasteiger partial charge in [-0.25, -0.2) is 4.79 Å². The van der Waals surface area contributed by atoms with E-state index in [4.69, 9.17) is 5.11 Å². The van der Waals surface area contributed by atoms with Gasteiger partial charge >= 0.3 is 6.03 Å². The molecule has 124 valence electrons. The van der Waals surface area contributed by atoms with E-state index in [2.05, 4.69) is 24.5 Å². The highest BCUT2D eigenvalue weighted by atomic mass is 16.3. The average molecular weight is 306 g/mol. The number of urea groups is 1. The second-order valence-corrected chi connectivity index (χ2v) is 7.06. The number of nitrogens with one attached hydrogen (secondary N) is 2. The first-order chi connectivity index (χ1) is 10.3. The number of rotatable bonds is 8. The number of amides is 2. The Hall–Kier alpha value is -1.55. The molecule has 0 aliphatic heterocycles. The quantitative estimate of drug-likeness (QED) is 0.688. The van der Waals surface area contributed by atoms with Gasteiger partial charge < -0.3 is 15.7 Å². The van der Waals surface area contributed by atoms with Crippen molar-refractivity contribution in [1.29, 1.82) is 0 Å². The zero-order valence-corrected chi connectivity index (χ0v) is 14.2. The molecule has 4 heteroatoms. The van der Waals surface area contributed by atoms with Crippen LogP contribution in [-0.2, 0) is 0 Å². The highest BCUT2D eigenvalue weighted by molar-refractivity contribution is 5.74. The Morgan fingerprint density at radius 3 is 2.41 bits per heavy atom. The van der Waals surface area contributed by atoms with E-state index in [0.717, 1.165) is 12.0 Å². The van der Waals surface area contributed by atoms with E-state index in [0.29, 0.717) is 18.9 Å². The van der Waals surface area contributed by atoms with E-state index in [-0.39, 0.29) is 24.1 Å². The van der Waals surface area contributed by atoms with Crippen LogP contribution < -0.4 is 10.6 Å². The molecule has 4 nitrogen and oxygen atoms in total. The molecule has 1 atom stereocenters. The van der Waals surface area contributed by atoms with Crippen molar-refractivity contribution in [2.75, 3.05) is 13.2 Å². The van der Waals surface area contributed by atoms with E-state index in [1.165, 1.54) is 0 Å².